The Kier molecular flexibility index (Phi) is 4.32. The summed E-state index contributed by atoms with van der Waals surface area (Å²) in [7, 11) is 1.52. The van der Waals surface area contributed by atoms with Gasteiger partial charge in [0.1, 0.15) is 18.2 Å². The van der Waals surface area contributed by atoms with Gasteiger partial charge in [-0.05, 0) is 13.0 Å². The van der Waals surface area contributed by atoms with E-state index in [0.717, 1.165) is 23.9 Å². The van der Waals surface area contributed by atoms with Gasteiger partial charge >= 0.3 is 5.69 Å². The molecule has 1 aromatic heterocycles. The van der Waals surface area contributed by atoms with E-state index in [-0.39, 0.29) is 18.0 Å². The number of benzene rings is 1. The molecule has 0 amide bonds. The largest absolute Gasteiger partial charge is 0.497 e. The summed E-state index contributed by atoms with van der Waals surface area (Å²) in [5.74, 6) is -0.137. The van der Waals surface area contributed by atoms with Crippen LogP contribution in [0, 0.1) is 22.9 Å². The predicted molar refractivity (Wildman–Crippen MR) is 72.9 cm³/mol. The summed E-state index contributed by atoms with van der Waals surface area (Å²) >= 11 is 0. The van der Waals surface area contributed by atoms with E-state index >= 15 is 0 Å². The van der Waals surface area contributed by atoms with Crippen molar-refractivity contribution < 1.29 is 18.8 Å². The van der Waals surface area contributed by atoms with E-state index in [0.29, 0.717) is 11.4 Å². The first-order valence-electron chi connectivity index (χ1n) is 6.08. The third-order valence-corrected chi connectivity index (χ3v) is 2.71. The first-order valence-corrected chi connectivity index (χ1v) is 6.08. The second-order valence-electron chi connectivity index (χ2n) is 4.30. The summed E-state index contributed by atoms with van der Waals surface area (Å²) in [5, 5.41) is 10.9. The van der Waals surface area contributed by atoms with Crippen molar-refractivity contribution in [3.05, 3.63) is 57.7 Å². The molecule has 7 heteroatoms. The molecule has 0 unspecified atom stereocenters. The van der Waals surface area contributed by atoms with Crippen molar-refractivity contribution in [2.24, 2.45) is 0 Å². The number of nitro benzene ring substituents is 1. The molecule has 0 atom stereocenters. The average molecular weight is 292 g/mol. The quantitative estimate of drug-likeness (QED) is 0.625. The first kappa shape index (κ1) is 14.7. The Morgan fingerprint density at radius 2 is 2.10 bits per heavy atom. The fraction of sp³-hybridized carbons (Fsp3) is 0.214. The number of halogens is 1. The lowest BCUT2D eigenvalue weighted by Crippen LogP contribution is -2.02. The lowest BCUT2D eigenvalue weighted by atomic mass is 10.3. The normalized spacial score (nSPS) is 10.2. The van der Waals surface area contributed by atoms with Gasteiger partial charge in [-0.3, -0.25) is 15.1 Å². The number of methoxy groups -OCH3 is 1. The third kappa shape index (κ3) is 3.65. The monoisotopic (exact) mass is 292 g/mol. The average Bonchev–Trinajstić information content (AvgIpc) is 2.44. The summed E-state index contributed by atoms with van der Waals surface area (Å²) in [4.78, 5) is 14.5. The van der Waals surface area contributed by atoms with Gasteiger partial charge in [0, 0.05) is 30.0 Å². The SMILES string of the molecule is COc1cc(C)nc(COc2cc(F)ccc2[N+](=O)[O-])c1. The fourth-order valence-electron chi connectivity index (χ4n) is 1.80. The molecule has 1 aromatic carbocycles. The van der Waals surface area contributed by atoms with Crippen LogP contribution in [-0.2, 0) is 6.61 Å². The zero-order chi connectivity index (χ0) is 15.4. The van der Waals surface area contributed by atoms with E-state index in [1.54, 1.807) is 19.1 Å². The number of rotatable bonds is 5. The van der Waals surface area contributed by atoms with Gasteiger partial charge in [0.2, 0.25) is 0 Å². The molecule has 0 spiro atoms. The van der Waals surface area contributed by atoms with Crippen LogP contribution in [0.1, 0.15) is 11.4 Å². The minimum absolute atomic E-state index is 0.0255. The van der Waals surface area contributed by atoms with Crippen LogP contribution in [0.25, 0.3) is 0 Å². The molecule has 0 radical (unpaired) electrons. The molecule has 6 nitrogen and oxygen atoms in total. The Morgan fingerprint density at radius 3 is 2.76 bits per heavy atom. The highest BCUT2D eigenvalue weighted by Gasteiger charge is 2.16. The molecule has 1 heterocycles. The molecule has 0 aliphatic heterocycles. The van der Waals surface area contributed by atoms with Crippen LogP contribution < -0.4 is 9.47 Å². The van der Waals surface area contributed by atoms with E-state index in [1.807, 2.05) is 0 Å². The molecule has 0 saturated heterocycles. The molecule has 2 rings (SSSR count). The first-order chi connectivity index (χ1) is 9.99. The maximum absolute atomic E-state index is 13.2. The van der Waals surface area contributed by atoms with Crippen molar-refractivity contribution in [3.8, 4) is 11.5 Å². The topological polar surface area (TPSA) is 74.5 Å². The van der Waals surface area contributed by atoms with E-state index < -0.39 is 10.7 Å². The van der Waals surface area contributed by atoms with Gasteiger partial charge in [-0.25, -0.2) is 4.39 Å². The smallest absolute Gasteiger partial charge is 0.311 e. The van der Waals surface area contributed by atoms with Crippen LogP contribution >= 0.6 is 0 Å². The molecule has 0 bridgehead atoms. The molecule has 0 aliphatic carbocycles. The van der Waals surface area contributed by atoms with Gasteiger partial charge in [0.25, 0.3) is 0 Å². The molecule has 0 saturated carbocycles. The molecule has 21 heavy (non-hydrogen) atoms. The van der Waals surface area contributed by atoms with Crippen LogP contribution in [0.15, 0.2) is 30.3 Å². The minimum atomic E-state index is -0.626. The Labute approximate surface area is 120 Å². The number of aromatic nitrogens is 1. The Morgan fingerprint density at radius 1 is 1.33 bits per heavy atom. The van der Waals surface area contributed by atoms with Gasteiger partial charge in [-0.1, -0.05) is 0 Å². The number of hydrogen-bond acceptors (Lipinski definition) is 5. The number of ether oxygens (including phenoxy) is 2. The maximum atomic E-state index is 13.2. The molecule has 0 fully saturated rings. The van der Waals surface area contributed by atoms with Crippen LogP contribution in [0.5, 0.6) is 11.5 Å². The lowest BCUT2D eigenvalue weighted by Gasteiger charge is -2.08. The Balaban J connectivity index is 2.22. The molecular weight excluding hydrogens is 279 g/mol. The number of nitrogens with zero attached hydrogens (tertiary/aromatic N) is 2. The molecule has 0 aliphatic rings. The Bertz CT molecular complexity index is 676. The highest BCUT2D eigenvalue weighted by Crippen LogP contribution is 2.28. The number of hydrogen-bond donors (Lipinski definition) is 0. The lowest BCUT2D eigenvalue weighted by molar-refractivity contribution is -0.386. The van der Waals surface area contributed by atoms with Crippen LogP contribution in [-0.4, -0.2) is 17.0 Å². The Hall–Kier alpha value is -2.70. The van der Waals surface area contributed by atoms with Crippen LogP contribution in [0.4, 0.5) is 10.1 Å². The zero-order valence-electron chi connectivity index (χ0n) is 11.5. The predicted octanol–water partition coefficient (Wildman–Crippen LogP) is 3.02. The molecule has 110 valence electrons. The van der Waals surface area contributed by atoms with Gasteiger partial charge in [0.05, 0.1) is 17.7 Å². The van der Waals surface area contributed by atoms with Crippen molar-refractivity contribution >= 4 is 5.69 Å². The zero-order valence-corrected chi connectivity index (χ0v) is 11.5. The van der Waals surface area contributed by atoms with Crippen LogP contribution in [0.3, 0.4) is 0 Å². The van der Waals surface area contributed by atoms with Gasteiger partial charge in [-0.2, -0.15) is 0 Å². The van der Waals surface area contributed by atoms with E-state index in [9.17, 15) is 14.5 Å². The second-order valence-corrected chi connectivity index (χ2v) is 4.30. The number of nitro groups is 1. The van der Waals surface area contributed by atoms with Crippen LogP contribution in [0.2, 0.25) is 0 Å². The highest BCUT2D eigenvalue weighted by atomic mass is 19.1. The highest BCUT2D eigenvalue weighted by molar-refractivity contribution is 5.46. The van der Waals surface area contributed by atoms with Gasteiger partial charge in [0.15, 0.2) is 5.75 Å². The van der Waals surface area contributed by atoms with Crippen molar-refractivity contribution in [2.45, 2.75) is 13.5 Å². The fourth-order valence-corrected chi connectivity index (χ4v) is 1.80. The minimum Gasteiger partial charge on any atom is -0.497 e. The van der Waals surface area contributed by atoms with E-state index in [4.69, 9.17) is 9.47 Å². The maximum Gasteiger partial charge on any atom is 0.311 e. The molecule has 2 aromatic rings. The van der Waals surface area contributed by atoms with Gasteiger partial charge < -0.3 is 9.47 Å². The van der Waals surface area contributed by atoms with Crippen molar-refractivity contribution in [3.63, 3.8) is 0 Å². The summed E-state index contributed by atoms with van der Waals surface area (Å²) < 4.78 is 23.6. The van der Waals surface area contributed by atoms with Crippen molar-refractivity contribution in [2.75, 3.05) is 7.11 Å². The number of pyridine rings is 1. The van der Waals surface area contributed by atoms with E-state index in [1.165, 1.54) is 7.11 Å². The standard InChI is InChI=1S/C14H13FN2O4/c1-9-5-12(20-2)7-11(16-9)8-21-14-6-10(15)3-4-13(14)17(18)19/h3-7H,8H2,1-2H3. The molecular formula is C14H13FN2O4. The van der Waals surface area contributed by atoms with E-state index in [2.05, 4.69) is 4.98 Å². The second kappa shape index (κ2) is 6.17. The third-order valence-electron chi connectivity index (χ3n) is 2.71. The summed E-state index contributed by atoms with van der Waals surface area (Å²) in [6.45, 7) is 1.76. The van der Waals surface area contributed by atoms with Gasteiger partial charge in [-0.15, -0.1) is 0 Å². The van der Waals surface area contributed by atoms with Crippen molar-refractivity contribution in [1.29, 1.82) is 0 Å². The number of aryl methyl sites for hydroxylation is 1. The summed E-state index contributed by atoms with van der Waals surface area (Å²) in [6, 6.07) is 6.45. The van der Waals surface area contributed by atoms with Crippen molar-refractivity contribution in [1.82, 2.24) is 4.98 Å². The summed E-state index contributed by atoms with van der Waals surface area (Å²) in [5.41, 5.74) is 0.961. The summed E-state index contributed by atoms with van der Waals surface area (Å²) in [6.07, 6.45) is 0. The molecule has 0 N–H and O–H groups in total.